The van der Waals surface area contributed by atoms with Crippen LogP contribution >= 0.6 is 0 Å². The van der Waals surface area contributed by atoms with Crippen molar-refractivity contribution >= 4 is 34.8 Å². The predicted molar refractivity (Wildman–Crippen MR) is 130 cm³/mol. The number of rotatable bonds is 4. The zero-order chi connectivity index (χ0) is 25.5. The van der Waals surface area contributed by atoms with Crippen molar-refractivity contribution in [2.75, 3.05) is 23.9 Å². The number of nitrogens with zero attached hydrogens (tertiary/aromatic N) is 3. The Morgan fingerprint density at radius 1 is 1.22 bits per heavy atom. The number of aryl methyl sites for hydroxylation is 2. The first-order valence-corrected chi connectivity index (χ1v) is 12.2. The molecule has 1 spiro atoms. The molecule has 3 saturated heterocycles. The monoisotopic (exact) mass is 490 g/mol. The maximum atomic E-state index is 14.2. The third kappa shape index (κ3) is 2.57. The molecule has 2 aromatic carbocycles. The summed E-state index contributed by atoms with van der Waals surface area (Å²) in [5.41, 5.74) is 1.64. The molecule has 36 heavy (non-hydrogen) atoms. The van der Waals surface area contributed by atoms with E-state index in [2.05, 4.69) is 10.2 Å². The molecule has 0 bridgehead atoms. The highest BCUT2D eigenvalue weighted by Gasteiger charge is 2.74. The maximum Gasteiger partial charge on any atom is 0.311 e. The van der Waals surface area contributed by atoms with Crippen molar-refractivity contribution in [3.8, 4) is 5.75 Å². The van der Waals surface area contributed by atoms with Crippen LogP contribution in [-0.2, 0) is 26.3 Å². The van der Waals surface area contributed by atoms with E-state index >= 15 is 0 Å². The maximum absolute atomic E-state index is 14.2. The smallest absolute Gasteiger partial charge is 0.311 e. The fourth-order valence-electron chi connectivity index (χ4n) is 7.03. The molecule has 4 heterocycles. The summed E-state index contributed by atoms with van der Waals surface area (Å²) in [6, 6.07) is 8.21. The molecule has 0 aromatic heterocycles. The molecule has 10 nitrogen and oxygen atoms in total. The molecule has 0 unspecified atom stereocenters. The summed E-state index contributed by atoms with van der Waals surface area (Å²) in [7, 11) is 1.31. The summed E-state index contributed by atoms with van der Waals surface area (Å²) >= 11 is 0. The quantitative estimate of drug-likeness (QED) is 0.397. The molecule has 4 atom stereocenters. The molecule has 4 aliphatic heterocycles. The molecule has 2 aromatic rings. The molecule has 4 aliphatic rings. The number of amides is 3. The molecule has 10 heteroatoms. The minimum absolute atomic E-state index is 0.0352. The van der Waals surface area contributed by atoms with E-state index in [0.29, 0.717) is 18.5 Å². The first-order chi connectivity index (χ1) is 17.3. The topological polar surface area (TPSA) is 122 Å². The molecule has 186 valence electrons. The number of hydrogen-bond donors (Lipinski definition) is 1. The summed E-state index contributed by atoms with van der Waals surface area (Å²) in [6.45, 7) is 4.27. The fraction of sp³-hybridized carbons (Fsp3) is 0.423. The molecule has 3 amide bonds. The molecular weight excluding hydrogens is 464 g/mol. The normalized spacial score (nSPS) is 28.5. The van der Waals surface area contributed by atoms with Crippen molar-refractivity contribution in [3.05, 3.63) is 57.1 Å². The number of nitrogens with one attached hydrogen (secondary N) is 1. The zero-order valence-corrected chi connectivity index (χ0v) is 20.2. The summed E-state index contributed by atoms with van der Waals surface area (Å²) in [4.78, 5) is 56.2. The number of nitro benzene ring substituents is 1. The van der Waals surface area contributed by atoms with Gasteiger partial charge in [-0.25, -0.2) is 4.90 Å². The SMILES string of the molecule is CCc1cccc2c1NC(=O)[C@@]21[C@@H]2C(=O)N(c3cc(OC)c([N+](=O)[O-])cc3C)C(=O)[C@@H]2[C@H]2CCCN21. The van der Waals surface area contributed by atoms with Crippen LogP contribution in [0.4, 0.5) is 17.1 Å². The van der Waals surface area contributed by atoms with Gasteiger partial charge in [0.25, 0.3) is 0 Å². The molecule has 6 rings (SSSR count). The van der Waals surface area contributed by atoms with Gasteiger partial charge in [0.05, 0.1) is 29.6 Å². The highest BCUT2D eigenvalue weighted by Crippen LogP contribution is 2.61. The van der Waals surface area contributed by atoms with Gasteiger partial charge in [-0.3, -0.25) is 29.4 Å². The standard InChI is InChI=1S/C26H26N4O6/c1-4-14-7-5-8-15-22(14)27-25(33)26(15)21-20(16-9-6-10-28(16)26)23(31)29(24(21)32)17-12-19(36-3)18(30(34)35)11-13(17)2/h5,7-8,11-12,16,20-21H,4,6,9-10H2,1-3H3,(H,27,33)/t16-,20-,21+,26+/m1/s1. The highest BCUT2D eigenvalue weighted by molar-refractivity contribution is 6.26. The largest absolute Gasteiger partial charge is 0.490 e. The van der Waals surface area contributed by atoms with Crippen molar-refractivity contribution in [3.63, 3.8) is 0 Å². The Bertz CT molecular complexity index is 1370. The highest BCUT2D eigenvalue weighted by atomic mass is 16.6. The minimum Gasteiger partial charge on any atom is -0.490 e. The lowest BCUT2D eigenvalue weighted by molar-refractivity contribution is -0.385. The van der Waals surface area contributed by atoms with Gasteiger partial charge >= 0.3 is 5.69 Å². The number of imide groups is 1. The van der Waals surface area contributed by atoms with Crippen LogP contribution in [0.15, 0.2) is 30.3 Å². The number of nitro groups is 1. The first kappa shape index (κ1) is 22.7. The Morgan fingerprint density at radius 2 is 2.00 bits per heavy atom. The average Bonchev–Trinajstić information content (AvgIpc) is 3.57. The number of anilines is 2. The van der Waals surface area contributed by atoms with Gasteiger partial charge in [0.15, 0.2) is 5.75 Å². The van der Waals surface area contributed by atoms with Gasteiger partial charge in [0, 0.05) is 29.4 Å². The second kappa shape index (κ2) is 7.60. The second-order valence-corrected chi connectivity index (χ2v) is 9.90. The van der Waals surface area contributed by atoms with Crippen LogP contribution in [0.1, 0.15) is 36.5 Å². The number of carbonyl (C=O) groups excluding carboxylic acids is 3. The van der Waals surface area contributed by atoms with E-state index in [4.69, 9.17) is 4.74 Å². The fourth-order valence-corrected chi connectivity index (χ4v) is 7.03. The molecule has 0 radical (unpaired) electrons. The van der Waals surface area contributed by atoms with E-state index in [9.17, 15) is 24.5 Å². The Morgan fingerprint density at radius 3 is 2.69 bits per heavy atom. The van der Waals surface area contributed by atoms with Crippen LogP contribution in [-0.4, -0.2) is 47.2 Å². The van der Waals surface area contributed by atoms with Crippen LogP contribution in [0.2, 0.25) is 0 Å². The first-order valence-electron chi connectivity index (χ1n) is 12.2. The summed E-state index contributed by atoms with van der Waals surface area (Å²) in [5, 5.41) is 14.5. The van der Waals surface area contributed by atoms with Gasteiger partial charge in [-0.2, -0.15) is 0 Å². The van der Waals surface area contributed by atoms with Crippen LogP contribution in [0, 0.1) is 28.9 Å². The molecular formula is C26H26N4O6. The van der Waals surface area contributed by atoms with E-state index in [1.165, 1.54) is 19.2 Å². The van der Waals surface area contributed by atoms with E-state index in [-0.39, 0.29) is 35.0 Å². The lowest BCUT2D eigenvalue weighted by Crippen LogP contribution is -2.54. The summed E-state index contributed by atoms with van der Waals surface area (Å²) in [5.74, 6) is -2.69. The third-order valence-corrected chi connectivity index (χ3v) is 8.43. The van der Waals surface area contributed by atoms with Gasteiger partial charge in [-0.1, -0.05) is 25.1 Å². The number of benzene rings is 2. The van der Waals surface area contributed by atoms with Gasteiger partial charge in [0.1, 0.15) is 5.54 Å². The van der Waals surface area contributed by atoms with Crippen LogP contribution in [0.25, 0.3) is 0 Å². The lowest BCUT2D eigenvalue weighted by atomic mass is 9.75. The molecule has 3 fully saturated rings. The molecule has 1 N–H and O–H groups in total. The van der Waals surface area contributed by atoms with Gasteiger partial charge in [0.2, 0.25) is 17.7 Å². The number of para-hydroxylation sites is 1. The number of hydrogen-bond acceptors (Lipinski definition) is 7. The van der Waals surface area contributed by atoms with Gasteiger partial charge in [-0.15, -0.1) is 0 Å². The second-order valence-electron chi connectivity index (χ2n) is 9.90. The molecule has 0 aliphatic carbocycles. The zero-order valence-electron chi connectivity index (χ0n) is 20.2. The number of fused-ring (bicyclic) bond motifs is 7. The minimum atomic E-state index is -1.26. The lowest BCUT2D eigenvalue weighted by Gasteiger charge is -2.36. The van der Waals surface area contributed by atoms with E-state index in [0.717, 1.165) is 34.6 Å². The van der Waals surface area contributed by atoms with Crippen molar-refractivity contribution in [2.24, 2.45) is 11.8 Å². The van der Waals surface area contributed by atoms with Gasteiger partial charge in [-0.05, 0) is 43.9 Å². The van der Waals surface area contributed by atoms with E-state index in [1.54, 1.807) is 6.92 Å². The third-order valence-electron chi connectivity index (χ3n) is 8.43. The van der Waals surface area contributed by atoms with Crippen LogP contribution in [0.5, 0.6) is 5.75 Å². The number of ether oxygens (including phenoxy) is 1. The number of carbonyl (C=O) groups is 3. The predicted octanol–water partition coefficient (Wildman–Crippen LogP) is 2.91. The van der Waals surface area contributed by atoms with Crippen molar-refractivity contribution in [1.29, 1.82) is 0 Å². The van der Waals surface area contributed by atoms with Crippen molar-refractivity contribution in [1.82, 2.24) is 4.90 Å². The summed E-state index contributed by atoms with van der Waals surface area (Å²) in [6.07, 6.45) is 2.27. The Hall–Kier alpha value is -3.79. The number of methoxy groups -OCH3 is 1. The van der Waals surface area contributed by atoms with Crippen molar-refractivity contribution in [2.45, 2.75) is 44.7 Å². The summed E-state index contributed by atoms with van der Waals surface area (Å²) < 4.78 is 5.21. The van der Waals surface area contributed by atoms with E-state index < -0.39 is 28.2 Å². The van der Waals surface area contributed by atoms with Gasteiger partial charge < -0.3 is 10.1 Å². The Labute approximate surface area is 207 Å². The Balaban J connectivity index is 1.54. The van der Waals surface area contributed by atoms with E-state index in [1.807, 2.05) is 25.1 Å². The molecule has 0 saturated carbocycles. The van der Waals surface area contributed by atoms with Crippen LogP contribution in [0.3, 0.4) is 0 Å². The van der Waals surface area contributed by atoms with Crippen LogP contribution < -0.4 is 15.0 Å². The average molecular weight is 491 g/mol. The Kier molecular flexibility index (Phi) is 4.79. The van der Waals surface area contributed by atoms with Crippen molar-refractivity contribution < 1.29 is 24.0 Å².